The monoisotopic (exact) mass is 531 g/mol. The van der Waals surface area contributed by atoms with Crippen LogP contribution >= 0.6 is 0 Å². The first-order valence-electron chi connectivity index (χ1n) is 13.2. The smallest absolute Gasteiger partial charge is 0.234 e. The molecule has 0 aromatic heterocycles. The number of likely N-dealkylation sites (tertiary alicyclic amines) is 1. The standard InChI is InChI=1S/C31H33NO7/c1-29-22(19-9-5-3-6-10-19)23(20-11-7-4-8-12-20)30(2,28(29)39)25-24(29)26(37)32(27(25)38)14-13-21(36)15-31(16-33,17-34)18-35/h3-12,24-25,33-35H,13-18H2,1-2H3. The fraction of sp³-hybridized carbons (Fsp3) is 0.419. The molecule has 2 fully saturated rings. The summed E-state index contributed by atoms with van der Waals surface area (Å²) in [6.45, 7) is 1.65. The van der Waals surface area contributed by atoms with Crippen molar-refractivity contribution in [2.45, 2.75) is 26.7 Å². The van der Waals surface area contributed by atoms with Gasteiger partial charge in [0, 0.05) is 24.8 Å². The van der Waals surface area contributed by atoms with E-state index in [0.717, 1.165) is 27.2 Å². The molecule has 4 unspecified atom stereocenters. The van der Waals surface area contributed by atoms with Crippen LogP contribution in [0.1, 0.15) is 37.8 Å². The van der Waals surface area contributed by atoms with E-state index in [4.69, 9.17) is 0 Å². The molecule has 2 aliphatic carbocycles. The number of nitrogens with zero attached hydrogens (tertiary/aromatic N) is 1. The zero-order valence-electron chi connectivity index (χ0n) is 22.1. The Morgan fingerprint density at radius 3 is 1.56 bits per heavy atom. The molecule has 1 saturated carbocycles. The van der Waals surface area contributed by atoms with Gasteiger partial charge < -0.3 is 15.3 Å². The van der Waals surface area contributed by atoms with Crippen LogP contribution in [-0.4, -0.2) is 70.0 Å². The van der Waals surface area contributed by atoms with Gasteiger partial charge in [-0.2, -0.15) is 0 Å². The number of rotatable bonds is 10. The van der Waals surface area contributed by atoms with E-state index >= 15 is 0 Å². The Morgan fingerprint density at radius 1 is 0.769 bits per heavy atom. The molecule has 2 amide bonds. The van der Waals surface area contributed by atoms with Crippen molar-refractivity contribution in [2.75, 3.05) is 26.4 Å². The van der Waals surface area contributed by atoms with Crippen molar-refractivity contribution in [3.05, 3.63) is 71.8 Å². The van der Waals surface area contributed by atoms with E-state index in [-0.39, 0.29) is 25.2 Å². The van der Waals surface area contributed by atoms with Crippen LogP contribution in [0.5, 0.6) is 0 Å². The van der Waals surface area contributed by atoms with Gasteiger partial charge in [0.25, 0.3) is 0 Å². The van der Waals surface area contributed by atoms with E-state index in [0.29, 0.717) is 0 Å². The second kappa shape index (κ2) is 9.62. The molecule has 2 aromatic carbocycles. The van der Waals surface area contributed by atoms with E-state index in [1.807, 2.05) is 60.7 Å². The first kappa shape index (κ1) is 27.1. The summed E-state index contributed by atoms with van der Waals surface area (Å²) in [7, 11) is 0. The lowest BCUT2D eigenvalue weighted by atomic mass is 9.63. The Hall–Kier alpha value is -3.46. The predicted molar refractivity (Wildman–Crippen MR) is 143 cm³/mol. The average molecular weight is 532 g/mol. The number of benzene rings is 2. The number of amides is 2. The summed E-state index contributed by atoms with van der Waals surface area (Å²) in [5.41, 5.74) is -0.623. The van der Waals surface area contributed by atoms with Crippen LogP contribution in [0.2, 0.25) is 0 Å². The summed E-state index contributed by atoms with van der Waals surface area (Å²) in [5, 5.41) is 28.7. The lowest BCUT2D eigenvalue weighted by Gasteiger charge is -2.35. The zero-order chi connectivity index (χ0) is 28.2. The number of Topliss-reactive ketones (excluding diaryl/α,β-unsaturated/α-hetero) is 2. The van der Waals surface area contributed by atoms with Gasteiger partial charge in [-0.3, -0.25) is 24.1 Å². The minimum Gasteiger partial charge on any atom is -0.396 e. The lowest BCUT2D eigenvalue weighted by molar-refractivity contribution is -0.145. The molecule has 1 heterocycles. The molecule has 0 radical (unpaired) electrons. The Kier molecular flexibility index (Phi) is 6.69. The number of aliphatic hydroxyl groups is 3. The van der Waals surface area contributed by atoms with Gasteiger partial charge >= 0.3 is 0 Å². The predicted octanol–water partition coefficient (Wildman–Crippen LogP) is 2.12. The summed E-state index contributed by atoms with van der Waals surface area (Å²) in [6, 6.07) is 19.0. The number of imide groups is 1. The molecular weight excluding hydrogens is 498 g/mol. The molecule has 204 valence electrons. The Balaban J connectivity index is 1.53. The van der Waals surface area contributed by atoms with E-state index in [1.54, 1.807) is 13.8 Å². The first-order valence-corrected chi connectivity index (χ1v) is 13.2. The van der Waals surface area contributed by atoms with Crippen molar-refractivity contribution in [1.82, 2.24) is 4.90 Å². The summed E-state index contributed by atoms with van der Waals surface area (Å²) >= 11 is 0. The molecule has 3 N–H and O–H groups in total. The number of hydrogen-bond acceptors (Lipinski definition) is 7. The maximum absolute atomic E-state index is 14.2. The van der Waals surface area contributed by atoms with Crippen LogP contribution in [-0.2, 0) is 19.2 Å². The highest BCUT2D eigenvalue weighted by Gasteiger charge is 2.78. The highest BCUT2D eigenvalue weighted by molar-refractivity contribution is 6.29. The van der Waals surface area contributed by atoms with Crippen molar-refractivity contribution in [3.8, 4) is 0 Å². The SMILES string of the molecule is CC12C(=O)C(C)(C(c3ccccc3)=C1c1ccccc1)C1C(=O)N(CCC(=O)CC(CO)(CO)CO)C(=O)C12. The molecule has 0 spiro atoms. The number of allylic oxidation sites excluding steroid dienone is 2. The molecule has 1 aliphatic heterocycles. The van der Waals surface area contributed by atoms with Crippen LogP contribution in [0.15, 0.2) is 60.7 Å². The van der Waals surface area contributed by atoms with Crippen LogP contribution in [0.3, 0.4) is 0 Å². The highest BCUT2D eigenvalue weighted by Crippen LogP contribution is 2.73. The van der Waals surface area contributed by atoms with Crippen molar-refractivity contribution in [2.24, 2.45) is 28.1 Å². The molecule has 8 nitrogen and oxygen atoms in total. The number of carbonyl (C=O) groups is 4. The molecule has 2 bridgehead atoms. The van der Waals surface area contributed by atoms with Crippen LogP contribution in [0.4, 0.5) is 0 Å². The van der Waals surface area contributed by atoms with E-state index in [9.17, 15) is 34.5 Å². The van der Waals surface area contributed by atoms with Gasteiger partial charge in [-0.05, 0) is 36.1 Å². The second-order valence-electron chi connectivity index (χ2n) is 11.4. The largest absolute Gasteiger partial charge is 0.396 e. The third kappa shape index (κ3) is 3.69. The summed E-state index contributed by atoms with van der Waals surface area (Å²) in [5.74, 6) is -3.22. The highest BCUT2D eigenvalue weighted by atomic mass is 16.3. The third-order valence-corrected chi connectivity index (χ3v) is 9.19. The number of ketones is 2. The first-order chi connectivity index (χ1) is 18.6. The minimum absolute atomic E-state index is 0.140. The van der Waals surface area contributed by atoms with Gasteiger partial charge in [0.1, 0.15) is 5.78 Å². The zero-order valence-corrected chi connectivity index (χ0v) is 22.1. The van der Waals surface area contributed by atoms with Crippen molar-refractivity contribution in [1.29, 1.82) is 0 Å². The van der Waals surface area contributed by atoms with E-state index < -0.39 is 65.5 Å². The summed E-state index contributed by atoms with van der Waals surface area (Å²) in [4.78, 5) is 55.8. The Labute approximate surface area is 227 Å². The third-order valence-electron chi connectivity index (χ3n) is 9.19. The molecule has 5 rings (SSSR count). The fourth-order valence-electron chi connectivity index (χ4n) is 7.15. The van der Waals surface area contributed by atoms with Crippen LogP contribution in [0, 0.1) is 28.1 Å². The van der Waals surface area contributed by atoms with Crippen LogP contribution < -0.4 is 0 Å². The summed E-state index contributed by atoms with van der Waals surface area (Å²) < 4.78 is 0. The molecule has 4 atom stereocenters. The number of hydrogen-bond donors (Lipinski definition) is 3. The van der Waals surface area contributed by atoms with Crippen LogP contribution in [0.25, 0.3) is 11.1 Å². The van der Waals surface area contributed by atoms with E-state index in [2.05, 4.69) is 0 Å². The molecule has 3 aliphatic rings. The van der Waals surface area contributed by atoms with Gasteiger partial charge in [-0.15, -0.1) is 0 Å². The van der Waals surface area contributed by atoms with Crippen molar-refractivity contribution in [3.63, 3.8) is 0 Å². The number of aliphatic hydroxyl groups excluding tert-OH is 3. The normalized spacial score (nSPS) is 28.0. The van der Waals surface area contributed by atoms with Gasteiger partial charge in [-0.1, -0.05) is 60.7 Å². The van der Waals surface area contributed by atoms with E-state index in [1.165, 1.54) is 0 Å². The topological polar surface area (TPSA) is 132 Å². The fourth-order valence-corrected chi connectivity index (χ4v) is 7.15. The Morgan fingerprint density at radius 2 is 1.18 bits per heavy atom. The molecular formula is C31H33NO7. The quantitative estimate of drug-likeness (QED) is 0.400. The molecule has 39 heavy (non-hydrogen) atoms. The van der Waals surface area contributed by atoms with Gasteiger partial charge in [0.2, 0.25) is 11.8 Å². The van der Waals surface area contributed by atoms with Gasteiger partial charge in [-0.25, -0.2) is 0 Å². The van der Waals surface area contributed by atoms with Crippen molar-refractivity contribution < 1.29 is 34.5 Å². The maximum Gasteiger partial charge on any atom is 0.234 e. The number of fused-ring (bicyclic) bond motifs is 5. The summed E-state index contributed by atoms with van der Waals surface area (Å²) in [6.07, 6.45) is -0.462. The minimum atomic E-state index is -1.36. The average Bonchev–Trinajstić information content (AvgIpc) is 3.40. The van der Waals surface area contributed by atoms with Gasteiger partial charge in [0.05, 0.1) is 42.5 Å². The van der Waals surface area contributed by atoms with Gasteiger partial charge in [0.15, 0.2) is 5.78 Å². The molecule has 2 aromatic rings. The lowest BCUT2D eigenvalue weighted by Crippen LogP contribution is -2.41. The molecule has 8 heteroatoms. The van der Waals surface area contributed by atoms with Crippen molar-refractivity contribution >= 4 is 34.5 Å². The number of carbonyl (C=O) groups excluding carboxylic acids is 4. The maximum atomic E-state index is 14.2. The molecule has 1 saturated heterocycles. The second-order valence-corrected chi connectivity index (χ2v) is 11.4. The Bertz CT molecular complexity index is 1270.